The summed E-state index contributed by atoms with van der Waals surface area (Å²) >= 11 is 0. The highest BCUT2D eigenvalue weighted by molar-refractivity contribution is 7.92. The van der Waals surface area contributed by atoms with Crippen molar-refractivity contribution in [3.05, 3.63) is 0 Å². The molecule has 4 heteroatoms. The SMILES string of the molecule is CC(C)(CN)CS(=O)(=O)C1CC1. The first-order valence-corrected chi connectivity index (χ1v) is 6.00. The molecule has 2 N–H and O–H groups in total. The highest BCUT2D eigenvalue weighted by atomic mass is 32.2. The number of nitrogens with two attached hydrogens (primary N) is 1. The van der Waals surface area contributed by atoms with Crippen molar-refractivity contribution >= 4 is 9.84 Å². The van der Waals surface area contributed by atoms with Crippen LogP contribution in [0.1, 0.15) is 26.7 Å². The Balaban J connectivity index is 2.60. The predicted molar refractivity (Wildman–Crippen MR) is 49.6 cm³/mol. The van der Waals surface area contributed by atoms with Crippen molar-refractivity contribution in [2.45, 2.75) is 31.9 Å². The highest BCUT2D eigenvalue weighted by Crippen LogP contribution is 2.32. The van der Waals surface area contributed by atoms with E-state index in [1.54, 1.807) is 0 Å². The fraction of sp³-hybridized carbons (Fsp3) is 1.00. The lowest BCUT2D eigenvalue weighted by Gasteiger charge is -2.21. The average molecular weight is 191 g/mol. The lowest BCUT2D eigenvalue weighted by Crippen LogP contribution is -2.33. The third-order valence-electron chi connectivity index (χ3n) is 2.18. The molecule has 1 saturated carbocycles. The molecule has 0 atom stereocenters. The molecule has 0 saturated heterocycles. The molecule has 0 bridgehead atoms. The summed E-state index contributed by atoms with van der Waals surface area (Å²) in [5, 5.41) is -0.0525. The molecule has 0 spiro atoms. The molecule has 0 aromatic rings. The van der Waals surface area contributed by atoms with Crippen LogP contribution in [-0.4, -0.2) is 26.0 Å². The molecule has 0 aromatic carbocycles. The van der Waals surface area contributed by atoms with Crippen LogP contribution in [0.25, 0.3) is 0 Å². The zero-order valence-corrected chi connectivity index (χ0v) is 8.52. The van der Waals surface area contributed by atoms with Crippen LogP contribution in [0.4, 0.5) is 0 Å². The standard InChI is InChI=1S/C8H17NO2S/c1-8(2,5-9)6-12(10,11)7-3-4-7/h7H,3-6,9H2,1-2H3. The quantitative estimate of drug-likeness (QED) is 0.706. The molecule has 1 rings (SSSR count). The summed E-state index contributed by atoms with van der Waals surface area (Å²) in [4.78, 5) is 0. The summed E-state index contributed by atoms with van der Waals surface area (Å²) in [6.45, 7) is 4.22. The van der Waals surface area contributed by atoms with E-state index in [1.807, 2.05) is 13.8 Å². The van der Waals surface area contributed by atoms with Gasteiger partial charge in [0.2, 0.25) is 0 Å². The zero-order chi connectivity index (χ0) is 9.41. The topological polar surface area (TPSA) is 60.2 Å². The van der Waals surface area contributed by atoms with Crippen molar-refractivity contribution in [1.82, 2.24) is 0 Å². The molecule has 0 heterocycles. The summed E-state index contributed by atoms with van der Waals surface area (Å²) in [5.41, 5.74) is 5.21. The van der Waals surface area contributed by atoms with Crippen molar-refractivity contribution < 1.29 is 8.42 Å². The summed E-state index contributed by atoms with van der Waals surface area (Å²) in [6, 6.07) is 0. The Morgan fingerprint density at radius 2 is 1.92 bits per heavy atom. The van der Waals surface area contributed by atoms with Crippen molar-refractivity contribution in [3.8, 4) is 0 Å². The molecule has 0 unspecified atom stereocenters. The number of hydrogen-bond acceptors (Lipinski definition) is 3. The molecule has 0 amide bonds. The van der Waals surface area contributed by atoms with Gasteiger partial charge in [-0.15, -0.1) is 0 Å². The number of hydrogen-bond donors (Lipinski definition) is 1. The third-order valence-corrected chi connectivity index (χ3v) is 4.85. The van der Waals surface area contributed by atoms with Crippen LogP contribution in [0.15, 0.2) is 0 Å². The second-order valence-electron chi connectivity index (χ2n) is 4.37. The maximum absolute atomic E-state index is 11.5. The van der Waals surface area contributed by atoms with E-state index in [2.05, 4.69) is 0 Å². The normalized spacial score (nSPS) is 19.6. The molecule has 12 heavy (non-hydrogen) atoms. The first kappa shape index (κ1) is 9.99. The van der Waals surface area contributed by atoms with Gasteiger partial charge in [-0.3, -0.25) is 0 Å². The van der Waals surface area contributed by atoms with E-state index in [1.165, 1.54) is 0 Å². The Kier molecular flexibility index (Phi) is 2.50. The molecular weight excluding hydrogens is 174 g/mol. The highest BCUT2D eigenvalue weighted by Gasteiger charge is 2.38. The largest absolute Gasteiger partial charge is 0.330 e. The molecule has 1 fully saturated rings. The molecule has 0 aliphatic heterocycles. The van der Waals surface area contributed by atoms with Crippen LogP contribution in [-0.2, 0) is 9.84 Å². The van der Waals surface area contributed by atoms with Gasteiger partial charge >= 0.3 is 0 Å². The lowest BCUT2D eigenvalue weighted by molar-refractivity contribution is 0.425. The predicted octanol–water partition coefficient (Wildman–Crippen LogP) is 0.548. The van der Waals surface area contributed by atoms with E-state index in [0.717, 1.165) is 12.8 Å². The smallest absolute Gasteiger partial charge is 0.153 e. The molecule has 72 valence electrons. The van der Waals surface area contributed by atoms with Crippen molar-refractivity contribution in [3.63, 3.8) is 0 Å². The van der Waals surface area contributed by atoms with Gasteiger partial charge in [-0.2, -0.15) is 0 Å². The zero-order valence-electron chi connectivity index (χ0n) is 7.71. The van der Waals surface area contributed by atoms with Crippen LogP contribution in [0, 0.1) is 5.41 Å². The monoisotopic (exact) mass is 191 g/mol. The molecular formula is C8H17NO2S. The average Bonchev–Trinajstić information content (AvgIpc) is 2.65. The number of rotatable bonds is 4. The minimum Gasteiger partial charge on any atom is -0.330 e. The maximum atomic E-state index is 11.5. The summed E-state index contributed by atoms with van der Waals surface area (Å²) < 4.78 is 23.0. The van der Waals surface area contributed by atoms with Crippen molar-refractivity contribution in [2.75, 3.05) is 12.3 Å². The van der Waals surface area contributed by atoms with Gasteiger partial charge in [0, 0.05) is 0 Å². The van der Waals surface area contributed by atoms with E-state index in [-0.39, 0.29) is 16.4 Å². The van der Waals surface area contributed by atoms with Gasteiger partial charge in [-0.05, 0) is 24.8 Å². The summed E-state index contributed by atoms with van der Waals surface area (Å²) in [5.74, 6) is 0.237. The van der Waals surface area contributed by atoms with Crippen molar-refractivity contribution in [2.24, 2.45) is 11.1 Å². The van der Waals surface area contributed by atoms with Gasteiger partial charge in [-0.1, -0.05) is 13.8 Å². The fourth-order valence-electron chi connectivity index (χ4n) is 1.15. The molecule has 1 aliphatic rings. The van der Waals surface area contributed by atoms with Crippen LogP contribution < -0.4 is 5.73 Å². The Hall–Kier alpha value is -0.0900. The number of sulfone groups is 1. The van der Waals surface area contributed by atoms with Gasteiger partial charge < -0.3 is 5.73 Å². The van der Waals surface area contributed by atoms with Gasteiger partial charge in [0.05, 0.1) is 11.0 Å². The second-order valence-corrected chi connectivity index (χ2v) is 6.66. The molecule has 3 nitrogen and oxygen atoms in total. The molecule has 0 aromatic heterocycles. The van der Waals surface area contributed by atoms with E-state index in [0.29, 0.717) is 6.54 Å². The third kappa shape index (κ3) is 2.45. The maximum Gasteiger partial charge on any atom is 0.153 e. The Labute approximate surface area is 74.3 Å². The van der Waals surface area contributed by atoms with E-state index in [4.69, 9.17) is 5.73 Å². The Morgan fingerprint density at radius 3 is 2.25 bits per heavy atom. The van der Waals surface area contributed by atoms with Crippen molar-refractivity contribution in [1.29, 1.82) is 0 Å². The fourth-order valence-corrected chi connectivity index (χ4v) is 3.45. The van der Waals surface area contributed by atoms with Crippen LogP contribution >= 0.6 is 0 Å². The van der Waals surface area contributed by atoms with Gasteiger partial charge in [0.15, 0.2) is 9.84 Å². The molecule has 0 radical (unpaired) electrons. The van der Waals surface area contributed by atoms with Crippen LogP contribution in [0.2, 0.25) is 0 Å². The second kappa shape index (κ2) is 3.00. The van der Waals surface area contributed by atoms with Gasteiger partial charge in [0.25, 0.3) is 0 Å². The van der Waals surface area contributed by atoms with Crippen LogP contribution in [0.5, 0.6) is 0 Å². The first-order chi connectivity index (χ1) is 5.37. The van der Waals surface area contributed by atoms with E-state index < -0.39 is 9.84 Å². The van der Waals surface area contributed by atoms with Crippen LogP contribution in [0.3, 0.4) is 0 Å². The summed E-state index contributed by atoms with van der Waals surface area (Å²) in [7, 11) is -2.84. The lowest BCUT2D eigenvalue weighted by atomic mass is 9.97. The van der Waals surface area contributed by atoms with E-state index in [9.17, 15) is 8.42 Å². The Morgan fingerprint density at radius 1 is 1.42 bits per heavy atom. The first-order valence-electron chi connectivity index (χ1n) is 4.29. The van der Waals surface area contributed by atoms with Gasteiger partial charge in [-0.25, -0.2) is 8.42 Å². The molecule has 1 aliphatic carbocycles. The Bertz CT molecular complexity index is 252. The minimum absolute atomic E-state index is 0.0525. The van der Waals surface area contributed by atoms with Gasteiger partial charge in [0.1, 0.15) is 0 Å². The van der Waals surface area contributed by atoms with E-state index >= 15 is 0 Å². The summed E-state index contributed by atoms with van der Waals surface area (Å²) in [6.07, 6.45) is 1.70. The minimum atomic E-state index is -2.84.